The molecule has 1 aromatic carbocycles. The van der Waals surface area contributed by atoms with Crippen molar-refractivity contribution < 1.29 is 4.74 Å². The fourth-order valence-corrected chi connectivity index (χ4v) is 4.20. The zero-order chi connectivity index (χ0) is 15.0. The molecular weight excluding hydrogens is 314 g/mol. The Morgan fingerprint density at radius 3 is 3.00 bits per heavy atom. The van der Waals surface area contributed by atoms with Crippen LogP contribution >= 0.6 is 23.1 Å². The zero-order valence-electron chi connectivity index (χ0n) is 12.5. The van der Waals surface area contributed by atoms with Gasteiger partial charge in [0, 0.05) is 18.9 Å². The van der Waals surface area contributed by atoms with Crippen LogP contribution in [0.2, 0.25) is 0 Å². The average molecular weight is 335 g/mol. The Bertz CT molecular complexity index is 556. The molecule has 4 nitrogen and oxygen atoms in total. The highest BCUT2D eigenvalue weighted by Crippen LogP contribution is 2.26. The summed E-state index contributed by atoms with van der Waals surface area (Å²) in [6.45, 7) is 1.73. The Morgan fingerprint density at radius 2 is 2.18 bits per heavy atom. The van der Waals surface area contributed by atoms with E-state index in [-0.39, 0.29) is 0 Å². The maximum atomic E-state index is 5.59. The molecule has 1 aliphatic heterocycles. The summed E-state index contributed by atoms with van der Waals surface area (Å²) in [7, 11) is 0. The highest BCUT2D eigenvalue weighted by molar-refractivity contribution is 8.01. The van der Waals surface area contributed by atoms with E-state index in [9.17, 15) is 0 Å². The molecule has 1 aliphatic rings. The number of rotatable bonds is 8. The summed E-state index contributed by atoms with van der Waals surface area (Å²) in [5.41, 5.74) is 1.40. The molecule has 118 valence electrons. The molecule has 22 heavy (non-hydrogen) atoms. The Kier molecular flexibility index (Phi) is 6.10. The molecule has 0 saturated carbocycles. The fraction of sp³-hybridized carbons (Fsp3) is 0.500. The molecular formula is C16H21N3OS2. The Balaban J connectivity index is 1.34. The van der Waals surface area contributed by atoms with Crippen molar-refractivity contribution in [3.63, 3.8) is 0 Å². The maximum Gasteiger partial charge on any atom is 0.206 e. The monoisotopic (exact) mass is 335 g/mol. The van der Waals surface area contributed by atoms with Crippen molar-refractivity contribution in [2.45, 2.75) is 36.1 Å². The lowest BCUT2D eigenvalue weighted by Gasteiger charge is -2.08. The summed E-state index contributed by atoms with van der Waals surface area (Å²) in [4.78, 5) is 0. The lowest BCUT2D eigenvalue weighted by molar-refractivity contribution is 0.120. The summed E-state index contributed by atoms with van der Waals surface area (Å²) < 4.78 is 6.64. The summed E-state index contributed by atoms with van der Waals surface area (Å²) in [5.74, 6) is 1.08. The molecule has 3 rings (SSSR count). The minimum Gasteiger partial charge on any atom is -0.376 e. The molecule has 0 bridgehead atoms. The summed E-state index contributed by atoms with van der Waals surface area (Å²) in [5, 5.41) is 12.7. The number of hydrogen-bond acceptors (Lipinski definition) is 6. The zero-order valence-corrected chi connectivity index (χ0v) is 14.2. The van der Waals surface area contributed by atoms with Crippen molar-refractivity contribution in [3.8, 4) is 0 Å². The number of aromatic nitrogens is 2. The number of aryl methyl sites for hydroxylation is 1. The van der Waals surface area contributed by atoms with Crippen molar-refractivity contribution in [1.82, 2.24) is 10.2 Å². The third kappa shape index (κ3) is 4.97. The predicted octanol–water partition coefficient (Wildman–Crippen LogP) is 3.85. The van der Waals surface area contributed by atoms with Gasteiger partial charge in [-0.2, -0.15) is 0 Å². The van der Waals surface area contributed by atoms with E-state index in [4.69, 9.17) is 4.74 Å². The van der Waals surface area contributed by atoms with Crippen molar-refractivity contribution in [1.29, 1.82) is 0 Å². The summed E-state index contributed by atoms with van der Waals surface area (Å²) in [6, 6.07) is 10.6. The largest absolute Gasteiger partial charge is 0.376 e. The topological polar surface area (TPSA) is 47.0 Å². The van der Waals surface area contributed by atoms with Crippen LogP contribution in [0.4, 0.5) is 5.13 Å². The van der Waals surface area contributed by atoms with E-state index in [0.717, 1.165) is 47.6 Å². The first kappa shape index (κ1) is 15.8. The van der Waals surface area contributed by atoms with Gasteiger partial charge in [0.15, 0.2) is 4.34 Å². The van der Waals surface area contributed by atoms with E-state index in [1.54, 1.807) is 23.1 Å². The van der Waals surface area contributed by atoms with Gasteiger partial charge in [-0.15, -0.1) is 10.2 Å². The van der Waals surface area contributed by atoms with Crippen molar-refractivity contribution >= 4 is 28.2 Å². The third-order valence-corrected chi connectivity index (χ3v) is 5.69. The van der Waals surface area contributed by atoms with E-state index < -0.39 is 0 Å². The van der Waals surface area contributed by atoms with Crippen molar-refractivity contribution in [3.05, 3.63) is 35.9 Å². The van der Waals surface area contributed by atoms with Gasteiger partial charge >= 0.3 is 0 Å². The van der Waals surface area contributed by atoms with E-state index in [1.165, 1.54) is 12.0 Å². The Labute approximate surface area is 139 Å². The van der Waals surface area contributed by atoms with Gasteiger partial charge in [-0.05, 0) is 31.2 Å². The van der Waals surface area contributed by atoms with E-state index in [0.29, 0.717) is 6.10 Å². The van der Waals surface area contributed by atoms with E-state index >= 15 is 0 Å². The van der Waals surface area contributed by atoms with Crippen LogP contribution in [0.25, 0.3) is 0 Å². The van der Waals surface area contributed by atoms with Crippen LogP contribution < -0.4 is 5.32 Å². The minimum absolute atomic E-state index is 0.339. The van der Waals surface area contributed by atoms with Gasteiger partial charge < -0.3 is 10.1 Å². The summed E-state index contributed by atoms with van der Waals surface area (Å²) >= 11 is 3.43. The molecule has 0 spiro atoms. The molecule has 0 unspecified atom stereocenters. The molecule has 0 amide bonds. The van der Waals surface area contributed by atoms with Gasteiger partial charge in [0.05, 0.1) is 6.10 Å². The molecule has 2 heterocycles. The van der Waals surface area contributed by atoms with Crippen LogP contribution in [0.15, 0.2) is 34.7 Å². The number of nitrogens with zero attached hydrogens (tertiary/aromatic N) is 2. The number of anilines is 1. The SMILES string of the molecule is c1ccc(CCCSc2nnc(NC[C@@H]3CCCO3)s2)cc1. The molecule has 2 aromatic rings. The van der Waals surface area contributed by atoms with Crippen LogP contribution in [-0.4, -0.2) is 35.2 Å². The second kappa shape index (κ2) is 8.50. The summed E-state index contributed by atoms with van der Waals surface area (Å²) in [6.07, 6.45) is 4.94. The lowest BCUT2D eigenvalue weighted by atomic mass is 10.1. The number of nitrogens with one attached hydrogen (secondary N) is 1. The molecule has 0 aliphatic carbocycles. The standard InChI is InChI=1S/C16H21N3OS2/c1-2-6-13(7-3-1)8-5-11-21-16-19-18-15(22-16)17-12-14-9-4-10-20-14/h1-3,6-7,14H,4-5,8-12H2,(H,17,18)/t14-/m0/s1. The molecule has 1 fully saturated rings. The molecule has 1 aromatic heterocycles. The highest BCUT2D eigenvalue weighted by Gasteiger charge is 2.15. The molecule has 0 radical (unpaired) electrons. The molecule has 1 atom stereocenters. The van der Waals surface area contributed by atoms with Crippen LogP contribution in [0, 0.1) is 0 Å². The maximum absolute atomic E-state index is 5.59. The fourth-order valence-electron chi connectivity index (χ4n) is 2.43. The second-order valence-electron chi connectivity index (χ2n) is 5.33. The second-order valence-corrected chi connectivity index (χ2v) is 7.65. The Hall–Kier alpha value is -1.11. The van der Waals surface area contributed by atoms with Gasteiger partial charge in [0.2, 0.25) is 5.13 Å². The number of hydrogen-bond donors (Lipinski definition) is 1. The molecule has 1 N–H and O–H groups in total. The first-order valence-electron chi connectivity index (χ1n) is 7.76. The van der Waals surface area contributed by atoms with Gasteiger partial charge in [0.1, 0.15) is 0 Å². The Morgan fingerprint density at radius 1 is 1.27 bits per heavy atom. The molecule has 1 saturated heterocycles. The van der Waals surface area contributed by atoms with E-state index in [1.807, 2.05) is 0 Å². The van der Waals surface area contributed by atoms with Crippen molar-refractivity contribution in [2.75, 3.05) is 24.2 Å². The van der Waals surface area contributed by atoms with E-state index in [2.05, 4.69) is 45.8 Å². The van der Waals surface area contributed by atoms with Crippen LogP contribution in [0.5, 0.6) is 0 Å². The van der Waals surface area contributed by atoms with Gasteiger partial charge in [-0.1, -0.05) is 53.4 Å². The quantitative estimate of drug-likeness (QED) is 0.586. The van der Waals surface area contributed by atoms with Gasteiger partial charge in [-0.25, -0.2) is 0 Å². The van der Waals surface area contributed by atoms with Crippen LogP contribution in [0.3, 0.4) is 0 Å². The number of benzene rings is 1. The van der Waals surface area contributed by atoms with Gasteiger partial charge in [0.25, 0.3) is 0 Å². The number of ether oxygens (including phenoxy) is 1. The lowest BCUT2D eigenvalue weighted by Crippen LogP contribution is -2.18. The van der Waals surface area contributed by atoms with Crippen LogP contribution in [0.1, 0.15) is 24.8 Å². The smallest absolute Gasteiger partial charge is 0.206 e. The van der Waals surface area contributed by atoms with Gasteiger partial charge in [-0.3, -0.25) is 0 Å². The highest BCUT2D eigenvalue weighted by atomic mass is 32.2. The van der Waals surface area contributed by atoms with Crippen molar-refractivity contribution in [2.24, 2.45) is 0 Å². The number of thioether (sulfide) groups is 1. The normalized spacial score (nSPS) is 17.7. The average Bonchev–Trinajstić information content (AvgIpc) is 3.22. The first-order chi connectivity index (χ1) is 10.9. The first-order valence-corrected chi connectivity index (χ1v) is 9.56. The minimum atomic E-state index is 0.339. The molecule has 6 heteroatoms. The third-order valence-electron chi connectivity index (χ3n) is 3.59. The van der Waals surface area contributed by atoms with Crippen LogP contribution in [-0.2, 0) is 11.2 Å². The predicted molar refractivity (Wildman–Crippen MR) is 92.9 cm³/mol.